The van der Waals surface area contributed by atoms with Gasteiger partial charge in [-0.25, -0.2) is 0 Å². The topological polar surface area (TPSA) is 60.2 Å². The maximum absolute atomic E-state index is 5.15. The number of methoxy groups -OCH3 is 1. The van der Waals surface area contributed by atoms with E-state index < -0.39 is 0 Å². The van der Waals surface area contributed by atoms with E-state index in [2.05, 4.69) is 15.5 Å². The van der Waals surface area contributed by atoms with Crippen LogP contribution in [-0.4, -0.2) is 22.8 Å². The molecule has 5 heteroatoms. The number of hydrogen-bond donors (Lipinski definition) is 1. The third kappa shape index (κ3) is 2.27. The minimum absolute atomic E-state index is 0.358. The minimum atomic E-state index is 0.358. The predicted octanol–water partition coefficient (Wildman–Crippen LogP) is 2.27. The van der Waals surface area contributed by atoms with E-state index in [1.807, 2.05) is 0 Å². The van der Waals surface area contributed by atoms with Crippen molar-refractivity contribution in [1.29, 1.82) is 0 Å². The first-order valence-electron chi connectivity index (χ1n) is 7.80. The fourth-order valence-electron chi connectivity index (χ4n) is 5.14. The molecule has 4 saturated carbocycles. The third-order valence-corrected chi connectivity index (χ3v) is 5.44. The van der Waals surface area contributed by atoms with Crippen molar-refractivity contribution in [1.82, 2.24) is 15.5 Å². The molecule has 1 aromatic heterocycles. The zero-order valence-electron chi connectivity index (χ0n) is 12.1. The van der Waals surface area contributed by atoms with Crippen molar-refractivity contribution in [2.24, 2.45) is 17.8 Å². The van der Waals surface area contributed by atoms with Gasteiger partial charge in [-0.3, -0.25) is 0 Å². The second kappa shape index (κ2) is 4.81. The molecule has 0 spiro atoms. The van der Waals surface area contributed by atoms with E-state index in [0.29, 0.717) is 18.0 Å². The van der Waals surface area contributed by atoms with Crippen molar-refractivity contribution in [3.63, 3.8) is 0 Å². The molecule has 1 heterocycles. The molecule has 110 valence electrons. The molecule has 4 aliphatic carbocycles. The number of aromatic nitrogens is 2. The van der Waals surface area contributed by atoms with Crippen LogP contribution in [-0.2, 0) is 17.9 Å². The molecule has 0 saturated heterocycles. The molecule has 5 nitrogen and oxygen atoms in total. The van der Waals surface area contributed by atoms with Crippen LogP contribution in [0, 0.1) is 17.8 Å². The predicted molar refractivity (Wildman–Crippen MR) is 72.8 cm³/mol. The van der Waals surface area contributed by atoms with Gasteiger partial charge in [0.15, 0.2) is 5.82 Å². The number of hydrogen-bond acceptors (Lipinski definition) is 5. The summed E-state index contributed by atoms with van der Waals surface area (Å²) in [4.78, 5) is 4.35. The minimum Gasteiger partial charge on any atom is -0.375 e. The molecule has 0 aliphatic heterocycles. The molecule has 20 heavy (non-hydrogen) atoms. The van der Waals surface area contributed by atoms with Gasteiger partial charge in [-0.05, 0) is 56.3 Å². The van der Waals surface area contributed by atoms with Crippen molar-refractivity contribution in [3.8, 4) is 0 Å². The molecule has 5 rings (SSSR count). The second-order valence-electron chi connectivity index (χ2n) is 7.09. The van der Waals surface area contributed by atoms with E-state index in [0.717, 1.165) is 30.1 Å². The highest BCUT2D eigenvalue weighted by molar-refractivity contribution is 5.06. The zero-order chi connectivity index (χ0) is 13.6. The van der Waals surface area contributed by atoms with Crippen LogP contribution in [0.4, 0.5) is 0 Å². The first kappa shape index (κ1) is 12.8. The Morgan fingerprint density at radius 2 is 1.85 bits per heavy atom. The second-order valence-corrected chi connectivity index (χ2v) is 7.09. The summed E-state index contributed by atoms with van der Waals surface area (Å²) < 4.78 is 10.2. The Labute approximate surface area is 119 Å². The van der Waals surface area contributed by atoms with Crippen LogP contribution in [0.25, 0.3) is 0 Å². The number of nitrogens with one attached hydrogen (secondary N) is 1. The van der Waals surface area contributed by atoms with Gasteiger partial charge in [0.2, 0.25) is 0 Å². The van der Waals surface area contributed by atoms with Gasteiger partial charge in [0.05, 0.1) is 6.54 Å². The average Bonchev–Trinajstić information content (AvgIpc) is 2.83. The molecular formula is C15H23N3O2. The lowest BCUT2D eigenvalue weighted by atomic mass is 9.53. The van der Waals surface area contributed by atoms with Gasteiger partial charge in [0, 0.05) is 12.6 Å². The standard InChI is InChI=1S/C15H23N3O2/c1-19-9-14-17-13(18-20-14)8-16-15-5-10-2-11(6-15)4-12(3-10)7-15/h10-12,16H,2-9H2,1H3. The average molecular weight is 277 g/mol. The van der Waals surface area contributed by atoms with Crippen LogP contribution in [0.15, 0.2) is 4.52 Å². The number of rotatable bonds is 5. The van der Waals surface area contributed by atoms with Gasteiger partial charge in [-0.1, -0.05) is 5.16 Å². The van der Waals surface area contributed by atoms with Crippen LogP contribution >= 0.6 is 0 Å². The Kier molecular flexibility index (Phi) is 3.07. The highest BCUT2D eigenvalue weighted by atomic mass is 16.5. The maximum Gasteiger partial charge on any atom is 0.252 e. The summed E-state index contributed by atoms with van der Waals surface area (Å²) in [6.07, 6.45) is 8.47. The number of ether oxygens (including phenoxy) is 1. The molecule has 1 N–H and O–H groups in total. The van der Waals surface area contributed by atoms with Gasteiger partial charge in [-0.15, -0.1) is 0 Å². The largest absolute Gasteiger partial charge is 0.375 e. The molecule has 0 radical (unpaired) electrons. The lowest BCUT2D eigenvalue weighted by Gasteiger charge is -2.57. The summed E-state index contributed by atoms with van der Waals surface area (Å²) in [5.41, 5.74) is 0.358. The van der Waals surface area contributed by atoms with Crippen LogP contribution in [0.5, 0.6) is 0 Å². The molecule has 1 aromatic rings. The summed E-state index contributed by atoms with van der Waals surface area (Å²) in [6.45, 7) is 1.11. The summed E-state index contributed by atoms with van der Waals surface area (Å²) in [6, 6.07) is 0. The molecule has 4 fully saturated rings. The van der Waals surface area contributed by atoms with Crippen LogP contribution in [0.2, 0.25) is 0 Å². The molecule has 0 aromatic carbocycles. The van der Waals surface area contributed by atoms with Crippen molar-refractivity contribution in [3.05, 3.63) is 11.7 Å². The summed E-state index contributed by atoms with van der Waals surface area (Å²) in [7, 11) is 1.64. The van der Waals surface area contributed by atoms with E-state index >= 15 is 0 Å². The lowest BCUT2D eigenvalue weighted by molar-refractivity contribution is -0.0209. The highest BCUT2D eigenvalue weighted by Crippen LogP contribution is 2.55. The fraction of sp³-hybridized carbons (Fsp3) is 0.867. The Bertz CT molecular complexity index is 450. The third-order valence-electron chi connectivity index (χ3n) is 5.44. The van der Waals surface area contributed by atoms with Gasteiger partial charge < -0.3 is 14.6 Å². The van der Waals surface area contributed by atoms with Crippen molar-refractivity contribution < 1.29 is 9.26 Å². The first-order chi connectivity index (χ1) is 9.75. The van der Waals surface area contributed by atoms with E-state index in [9.17, 15) is 0 Å². The van der Waals surface area contributed by atoms with Crippen molar-refractivity contribution in [2.75, 3.05) is 7.11 Å². The monoisotopic (exact) mass is 277 g/mol. The maximum atomic E-state index is 5.15. The lowest BCUT2D eigenvalue weighted by Crippen LogP contribution is -2.58. The first-order valence-corrected chi connectivity index (χ1v) is 7.80. The Morgan fingerprint density at radius 1 is 1.20 bits per heavy atom. The summed E-state index contributed by atoms with van der Waals surface area (Å²) >= 11 is 0. The van der Waals surface area contributed by atoms with E-state index in [1.165, 1.54) is 38.5 Å². The van der Waals surface area contributed by atoms with Crippen molar-refractivity contribution >= 4 is 0 Å². The van der Waals surface area contributed by atoms with Crippen LogP contribution < -0.4 is 5.32 Å². The summed E-state index contributed by atoms with van der Waals surface area (Å²) in [5.74, 6) is 4.21. The highest BCUT2D eigenvalue weighted by Gasteiger charge is 2.50. The molecule has 0 amide bonds. The zero-order valence-corrected chi connectivity index (χ0v) is 12.1. The molecule has 4 bridgehead atoms. The van der Waals surface area contributed by atoms with Gasteiger partial charge >= 0.3 is 0 Å². The smallest absolute Gasteiger partial charge is 0.252 e. The van der Waals surface area contributed by atoms with E-state index in [-0.39, 0.29) is 0 Å². The molecule has 0 atom stereocenters. The van der Waals surface area contributed by atoms with Gasteiger partial charge in [0.25, 0.3) is 5.89 Å². The van der Waals surface area contributed by atoms with Gasteiger partial charge in [-0.2, -0.15) is 4.98 Å². The Morgan fingerprint density at radius 3 is 2.45 bits per heavy atom. The Balaban J connectivity index is 1.41. The fourth-order valence-corrected chi connectivity index (χ4v) is 5.14. The summed E-state index contributed by atoms with van der Waals surface area (Å²) in [5, 5.41) is 7.80. The molecular weight excluding hydrogens is 254 g/mol. The molecule has 4 aliphatic rings. The van der Waals surface area contributed by atoms with Crippen LogP contribution in [0.1, 0.15) is 50.2 Å². The molecule has 0 unspecified atom stereocenters. The quantitative estimate of drug-likeness (QED) is 0.894. The van der Waals surface area contributed by atoms with Crippen molar-refractivity contribution in [2.45, 2.75) is 57.2 Å². The SMILES string of the molecule is COCc1nc(CNC23CC4CC(CC(C4)C2)C3)no1. The van der Waals surface area contributed by atoms with Crippen LogP contribution in [0.3, 0.4) is 0 Å². The Hall–Kier alpha value is -0.940. The normalized spacial score (nSPS) is 38.5. The van der Waals surface area contributed by atoms with Gasteiger partial charge in [0.1, 0.15) is 6.61 Å². The number of nitrogens with zero attached hydrogens (tertiary/aromatic N) is 2. The van der Waals surface area contributed by atoms with E-state index in [1.54, 1.807) is 7.11 Å². The van der Waals surface area contributed by atoms with E-state index in [4.69, 9.17) is 9.26 Å².